The summed E-state index contributed by atoms with van der Waals surface area (Å²) in [6, 6.07) is 14.9. The number of methoxy groups -OCH3 is 1. The Morgan fingerprint density at radius 3 is 2.64 bits per heavy atom. The molecule has 0 bridgehead atoms. The monoisotopic (exact) mass is 342 g/mol. The van der Waals surface area contributed by atoms with E-state index in [9.17, 15) is 4.79 Å². The van der Waals surface area contributed by atoms with E-state index >= 15 is 0 Å². The number of amides is 1. The van der Waals surface area contributed by atoms with Gasteiger partial charge in [-0.15, -0.1) is 0 Å². The lowest BCUT2D eigenvalue weighted by molar-refractivity contribution is 0.0929. The number of carbonyl (C=O) groups is 1. The number of benzene rings is 2. The van der Waals surface area contributed by atoms with Crippen molar-refractivity contribution >= 4 is 17.3 Å². The van der Waals surface area contributed by atoms with Crippen LogP contribution >= 0.6 is 0 Å². The van der Waals surface area contributed by atoms with E-state index in [0.717, 1.165) is 17.1 Å². The fraction of sp³-hybridized carbons (Fsp3) is 0.350. The van der Waals surface area contributed by atoms with Crippen molar-refractivity contribution in [3.05, 3.63) is 54.1 Å². The fourth-order valence-electron chi connectivity index (χ4n) is 2.45. The number of hydrogen-bond donors (Lipinski definition) is 3. The van der Waals surface area contributed by atoms with Crippen LogP contribution < -0.4 is 15.4 Å². The third-order valence-electron chi connectivity index (χ3n) is 4.04. The molecule has 0 radical (unpaired) electrons. The first-order valence-corrected chi connectivity index (χ1v) is 8.34. The number of carbonyl (C=O) groups excluding carboxylic acids is 1. The maximum Gasteiger partial charge on any atom is 0.253 e. The summed E-state index contributed by atoms with van der Waals surface area (Å²) < 4.78 is 5.23. The number of rotatable bonds is 8. The summed E-state index contributed by atoms with van der Waals surface area (Å²) in [5.41, 5.74) is 2.00. The summed E-state index contributed by atoms with van der Waals surface area (Å²) in [5.74, 6) is 0.606. The Morgan fingerprint density at radius 1 is 1.16 bits per heavy atom. The maximum atomic E-state index is 12.6. The normalized spacial score (nSPS) is 11.0. The molecule has 0 unspecified atom stereocenters. The lowest BCUT2D eigenvalue weighted by Gasteiger charge is -2.24. The van der Waals surface area contributed by atoms with Gasteiger partial charge >= 0.3 is 0 Å². The number of para-hydroxylation sites is 1. The van der Waals surface area contributed by atoms with Gasteiger partial charge in [-0.05, 0) is 36.1 Å². The van der Waals surface area contributed by atoms with Crippen molar-refractivity contribution in [3.63, 3.8) is 0 Å². The van der Waals surface area contributed by atoms with Gasteiger partial charge in [-0.2, -0.15) is 0 Å². The molecule has 0 atom stereocenters. The molecular weight excluding hydrogens is 316 g/mol. The topological polar surface area (TPSA) is 70.6 Å². The summed E-state index contributed by atoms with van der Waals surface area (Å²) in [6.45, 7) is 4.64. The zero-order chi connectivity index (χ0) is 18.3. The van der Waals surface area contributed by atoms with Gasteiger partial charge in [-0.25, -0.2) is 0 Å². The standard InChI is InChI=1S/C20H26N2O3/c1-20(2,11-12-23)14-21-19(24)17-9-4-5-10-18(17)22-15-7-6-8-16(13-15)25-3/h4-10,13,22-23H,11-12,14H2,1-3H3,(H,21,24). The van der Waals surface area contributed by atoms with Gasteiger partial charge in [0.1, 0.15) is 5.75 Å². The minimum absolute atomic E-state index is 0.108. The van der Waals surface area contributed by atoms with E-state index in [1.807, 2.05) is 56.3 Å². The highest BCUT2D eigenvalue weighted by Crippen LogP contribution is 2.24. The van der Waals surface area contributed by atoms with Crippen LogP contribution in [0.25, 0.3) is 0 Å². The van der Waals surface area contributed by atoms with Crippen molar-refractivity contribution in [2.75, 3.05) is 25.6 Å². The first-order chi connectivity index (χ1) is 11.9. The Kier molecular flexibility index (Phi) is 6.42. The minimum atomic E-state index is -0.153. The van der Waals surface area contributed by atoms with E-state index in [1.54, 1.807) is 13.2 Å². The number of ether oxygens (including phenoxy) is 1. The van der Waals surface area contributed by atoms with Crippen LogP contribution in [0.3, 0.4) is 0 Å². The second-order valence-electron chi connectivity index (χ2n) is 6.72. The van der Waals surface area contributed by atoms with E-state index < -0.39 is 0 Å². The molecule has 2 rings (SSSR count). The van der Waals surface area contributed by atoms with Gasteiger partial charge in [-0.1, -0.05) is 32.0 Å². The molecule has 2 aromatic rings. The van der Waals surface area contributed by atoms with Crippen LogP contribution in [0.2, 0.25) is 0 Å². The van der Waals surface area contributed by atoms with Crippen LogP contribution in [0.4, 0.5) is 11.4 Å². The molecule has 0 aliphatic rings. The molecule has 0 saturated heterocycles. The van der Waals surface area contributed by atoms with Crippen molar-refractivity contribution in [3.8, 4) is 5.75 Å². The molecule has 5 nitrogen and oxygen atoms in total. The second kappa shape index (κ2) is 8.53. The van der Waals surface area contributed by atoms with Gasteiger partial charge in [0, 0.05) is 24.9 Å². The Hall–Kier alpha value is -2.53. The third-order valence-corrected chi connectivity index (χ3v) is 4.04. The highest BCUT2D eigenvalue weighted by Gasteiger charge is 2.19. The number of nitrogens with one attached hydrogen (secondary N) is 2. The zero-order valence-corrected chi connectivity index (χ0v) is 15.0. The van der Waals surface area contributed by atoms with E-state index in [1.165, 1.54) is 0 Å². The molecule has 1 amide bonds. The van der Waals surface area contributed by atoms with Crippen molar-refractivity contribution < 1.29 is 14.6 Å². The first-order valence-electron chi connectivity index (χ1n) is 8.34. The summed E-state index contributed by atoms with van der Waals surface area (Å²) >= 11 is 0. The van der Waals surface area contributed by atoms with Crippen molar-refractivity contribution in [2.45, 2.75) is 20.3 Å². The lowest BCUT2D eigenvalue weighted by Crippen LogP contribution is -2.34. The van der Waals surface area contributed by atoms with Gasteiger partial charge in [0.25, 0.3) is 5.91 Å². The van der Waals surface area contributed by atoms with E-state index in [4.69, 9.17) is 9.84 Å². The molecule has 3 N–H and O–H groups in total. The quantitative estimate of drug-likeness (QED) is 0.686. The predicted octanol–water partition coefficient (Wildman–Crippen LogP) is 3.58. The van der Waals surface area contributed by atoms with Crippen LogP contribution in [0, 0.1) is 5.41 Å². The predicted molar refractivity (Wildman–Crippen MR) is 101 cm³/mol. The fourth-order valence-corrected chi connectivity index (χ4v) is 2.45. The van der Waals surface area contributed by atoms with Gasteiger partial charge in [-0.3, -0.25) is 4.79 Å². The van der Waals surface area contributed by atoms with Crippen LogP contribution in [0.5, 0.6) is 5.75 Å². The summed E-state index contributed by atoms with van der Waals surface area (Å²) in [6.07, 6.45) is 0.636. The summed E-state index contributed by atoms with van der Waals surface area (Å²) in [7, 11) is 1.62. The molecule has 2 aromatic carbocycles. The molecule has 0 fully saturated rings. The average molecular weight is 342 g/mol. The number of hydrogen-bond acceptors (Lipinski definition) is 4. The van der Waals surface area contributed by atoms with Gasteiger partial charge in [0.05, 0.1) is 18.4 Å². The molecule has 0 spiro atoms. The average Bonchev–Trinajstić information content (AvgIpc) is 2.60. The van der Waals surface area contributed by atoms with E-state index in [2.05, 4.69) is 10.6 Å². The van der Waals surface area contributed by atoms with E-state index in [0.29, 0.717) is 18.5 Å². The maximum absolute atomic E-state index is 12.6. The summed E-state index contributed by atoms with van der Waals surface area (Å²) in [5, 5.41) is 15.3. The number of anilines is 2. The SMILES string of the molecule is COc1cccc(Nc2ccccc2C(=O)NCC(C)(C)CCO)c1. The van der Waals surface area contributed by atoms with Crippen LogP contribution in [0.1, 0.15) is 30.6 Å². The molecule has 0 aliphatic heterocycles. The number of aliphatic hydroxyl groups is 1. The van der Waals surface area contributed by atoms with Gasteiger partial charge in [0.15, 0.2) is 0 Å². The van der Waals surface area contributed by atoms with Crippen LogP contribution in [-0.2, 0) is 0 Å². The molecule has 0 saturated carbocycles. The van der Waals surface area contributed by atoms with Crippen molar-refractivity contribution in [1.29, 1.82) is 0 Å². The van der Waals surface area contributed by atoms with E-state index in [-0.39, 0.29) is 17.9 Å². The molecule has 134 valence electrons. The molecule has 0 aromatic heterocycles. The molecule has 25 heavy (non-hydrogen) atoms. The van der Waals surface area contributed by atoms with Crippen LogP contribution in [-0.4, -0.2) is 31.3 Å². The van der Waals surface area contributed by atoms with Crippen molar-refractivity contribution in [1.82, 2.24) is 5.32 Å². The largest absolute Gasteiger partial charge is 0.497 e. The lowest BCUT2D eigenvalue weighted by atomic mass is 9.89. The highest BCUT2D eigenvalue weighted by molar-refractivity contribution is 6.00. The Morgan fingerprint density at radius 2 is 1.92 bits per heavy atom. The smallest absolute Gasteiger partial charge is 0.253 e. The zero-order valence-electron chi connectivity index (χ0n) is 15.0. The molecule has 0 aliphatic carbocycles. The summed E-state index contributed by atoms with van der Waals surface area (Å²) in [4.78, 5) is 12.6. The molecule has 0 heterocycles. The second-order valence-corrected chi connectivity index (χ2v) is 6.72. The highest BCUT2D eigenvalue weighted by atomic mass is 16.5. The molecule has 5 heteroatoms. The third kappa shape index (κ3) is 5.50. The van der Waals surface area contributed by atoms with Crippen LogP contribution in [0.15, 0.2) is 48.5 Å². The first kappa shape index (κ1) is 18.8. The van der Waals surface area contributed by atoms with Gasteiger partial charge in [0.2, 0.25) is 0 Å². The molecular formula is C20H26N2O3. The van der Waals surface area contributed by atoms with Gasteiger partial charge < -0.3 is 20.5 Å². The number of aliphatic hydroxyl groups excluding tert-OH is 1. The van der Waals surface area contributed by atoms with Crippen molar-refractivity contribution in [2.24, 2.45) is 5.41 Å². The Labute approximate surface area is 149 Å². The Balaban J connectivity index is 2.12. The minimum Gasteiger partial charge on any atom is -0.497 e. The Bertz CT molecular complexity index is 714.